The summed E-state index contributed by atoms with van der Waals surface area (Å²) in [6.45, 7) is 111. The minimum Gasteiger partial charge on any atom is -0.301 e. The van der Waals surface area contributed by atoms with Crippen molar-refractivity contribution in [3.8, 4) is 0 Å². The van der Waals surface area contributed by atoms with Crippen LogP contribution in [-0.4, -0.2) is 234 Å². The second-order valence-corrected chi connectivity index (χ2v) is 44.1. The molecule has 10 aliphatic heterocycles. The molecule has 10 heterocycles. The van der Waals surface area contributed by atoms with Crippen molar-refractivity contribution in [2.45, 2.75) is 402 Å². The molecule has 10 nitrogen and oxygen atoms in total. The zero-order chi connectivity index (χ0) is 73.6. The number of likely N-dealkylation sites (tertiary alicyclic amines) is 6. The van der Waals surface area contributed by atoms with E-state index in [1.807, 2.05) is 0 Å². The monoisotopic (exact) mass is 1340 g/mol. The molecule has 6 atom stereocenters. The molecule has 10 heteroatoms. The molecule has 0 spiro atoms. The Morgan fingerprint density at radius 3 is 0.768 bits per heavy atom. The first-order valence-corrected chi connectivity index (χ1v) is 40.1. The van der Waals surface area contributed by atoms with Crippen LogP contribution >= 0.6 is 0 Å². The molecule has 0 aromatic rings. The summed E-state index contributed by atoms with van der Waals surface area (Å²) < 4.78 is 0. The van der Waals surface area contributed by atoms with Crippen LogP contribution in [0.25, 0.3) is 0 Å². The van der Waals surface area contributed by atoms with E-state index in [-0.39, 0.29) is 0 Å². The van der Waals surface area contributed by atoms with Crippen LogP contribution < -0.4 is 0 Å². The quantitative estimate of drug-likeness (QED) is 0.273. The molecular formula is C85H176N10. The molecule has 10 aliphatic rings. The van der Waals surface area contributed by atoms with Crippen LogP contribution in [0.4, 0.5) is 0 Å². The predicted octanol–water partition coefficient (Wildman–Crippen LogP) is 19.1. The van der Waals surface area contributed by atoms with E-state index in [0.717, 1.165) is 59.8 Å². The van der Waals surface area contributed by atoms with Crippen molar-refractivity contribution in [3.63, 3.8) is 0 Å². The summed E-state index contributed by atoms with van der Waals surface area (Å²) in [6.07, 6.45) is 11.1. The third-order valence-corrected chi connectivity index (χ3v) is 24.5. The van der Waals surface area contributed by atoms with E-state index in [0.29, 0.717) is 66.6 Å². The SMILES string of the molecule is CC(C)(C)C1CCN(C(C)(C)C)C1.CC(C)(C)C1CCN(C(C)(C)C)C1.CC(C)(C)N1CC2CC(C1)N2C(C)(C)C.CC(C)(C)N1CC2CC1CN2C(C)(C)C.CC(C)C1CCN(C(C)(C)C)CC1.CC(C)N1CCC(C(C)(C)C)CC1.CC(C)N1CCN(C(C)(C)C)CC1. The Hall–Kier alpha value is -0.400. The highest BCUT2D eigenvalue weighted by atomic mass is 15.4. The smallest absolute Gasteiger partial charge is 0.0247 e. The van der Waals surface area contributed by atoms with Gasteiger partial charge in [-0.25, -0.2) is 0 Å². The van der Waals surface area contributed by atoms with Crippen LogP contribution in [0.1, 0.15) is 321 Å². The fourth-order valence-corrected chi connectivity index (χ4v) is 17.1. The molecule has 0 aromatic heterocycles. The molecular weight excluding hydrogens is 1160 g/mol. The first-order valence-electron chi connectivity index (χ1n) is 40.1. The van der Waals surface area contributed by atoms with Gasteiger partial charge in [0.2, 0.25) is 0 Å². The maximum absolute atomic E-state index is 2.72. The van der Waals surface area contributed by atoms with Gasteiger partial charge in [-0.15, -0.1) is 0 Å². The van der Waals surface area contributed by atoms with Crippen LogP contribution in [0, 0.1) is 45.8 Å². The third-order valence-electron chi connectivity index (χ3n) is 24.5. The van der Waals surface area contributed by atoms with Gasteiger partial charge in [0.1, 0.15) is 0 Å². The topological polar surface area (TPSA) is 32.4 Å². The minimum absolute atomic E-state index is 0.348. The molecule has 0 aliphatic carbocycles. The summed E-state index contributed by atoms with van der Waals surface area (Å²) in [5.41, 5.74) is 4.35. The number of nitrogens with zero attached hydrogens (tertiary/aromatic N) is 10. The first kappa shape index (κ1) is 88.8. The van der Waals surface area contributed by atoms with Crippen LogP contribution in [0.5, 0.6) is 0 Å². The van der Waals surface area contributed by atoms with E-state index < -0.39 is 0 Å². The maximum Gasteiger partial charge on any atom is 0.0247 e. The molecule has 10 saturated heterocycles. The van der Waals surface area contributed by atoms with E-state index >= 15 is 0 Å². The highest BCUT2D eigenvalue weighted by molar-refractivity contribution is 5.08. The number of rotatable bonds is 3. The molecule has 0 amide bonds. The average Bonchev–Trinajstić information content (AvgIpc) is 1.30. The summed E-state index contributed by atoms with van der Waals surface area (Å²) in [7, 11) is 0. The van der Waals surface area contributed by atoms with Gasteiger partial charge in [-0.2, -0.15) is 0 Å². The molecule has 566 valence electrons. The molecule has 0 N–H and O–H groups in total. The van der Waals surface area contributed by atoms with Crippen molar-refractivity contribution in [1.82, 2.24) is 49.0 Å². The summed E-state index contributed by atoms with van der Waals surface area (Å²) >= 11 is 0. The second-order valence-electron chi connectivity index (χ2n) is 44.1. The Morgan fingerprint density at radius 2 is 0.526 bits per heavy atom. The molecule has 4 bridgehead atoms. The van der Waals surface area contributed by atoms with Crippen LogP contribution in [0.2, 0.25) is 0 Å². The van der Waals surface area contributed by atoms with Crippen molar-refractivity contribution < 1.29 is 0 Å². The number of fused-ring (bicyclic) bond motifs is 4. The van der Waals surface area contributed by atoms with E-state index in [2.05, 4.69) is 319 Å². The molecule has 0 radical (unpaired) electrons. The van der Waals surface area contributed by atoms with Crippen molar-refractivity contribution in [3.05, 3.63) is 0 Å². The lowest BCUT2D eigenvalue weighted by Crippen LogP contribution is -2.74. The van der Waals surface area contributed by atoms with Gasteiger partial charge >= 0.3 is 0 Å². The van der Waals surface area contributed by atoms with Gasteiger partial charge in [-0.05, 0) is 330 Å². The molecule has 0 aromatic carbocycles. The van der Waals surface area contributed by atoms with E-state index in [1.54, 1.807) is 0 Å². The fraction of sp³-hybridized carbons (Fsp3) is 1.00. The van der Waals surface area contributed by atoms with Crippen molar-refractivity contribution >= 4 is 0 Å². The Morgan fingerprint density at radius 1 is 0.242 bits per heavy atom. The largest absolute Gasteiger partial charge is 0.301 e. The normalized spacial score (nSPS) is 27.3. The van der Waals surface area contributed by atoms with E-state index in [9.17, 15) is 0 Å². The van der Waals surface area contributed by atoms with Gasteiger partial charge in [0.15, 0.2) is 0 Å². The van der Waals surface area contributed by atoms with E-state index in [4.69, 9.17) is 0 Å². The van der Waals surface area contributed by atoms with Crippen molar-refractivity contribution in [2.24, 2.45) is 45.8 Å². The fourth-order valence-electron chi connectivity index (χ4n) is 17.1. The lowest BCUT2D eigenvalue weighted by atomic mass is 9.75. The maximum atomic E-state index is 2.72. The number of hydrogen-bond acceptors (Lipinski definition) is 10. The predicted molar refractivity (Wildman–Crippen MR) is 424 cm³/mol. The highest BCUT2D eigenvalue weighted by Gasteiger charge is 2.52. The zero-order valence-corrected chi connectivity index (χ0v) is 72.3. The number of hydrogen-bond donors (Lipinski definition) is 0. The van der Waals surface area contributed by atoms with Crippen LogP contribution in [0.15, 0.2) is 0 Å². The number of piperidine rings is 3. The second kappa shape index (κ2) is 34.5. The molecule has 95 heavy (non-hydrogen) atoms. The molecule has 0 saturated carbocycles. The standard InChI is InChI=1S/2C13H26N2.4C12H25N.C11H24N2/c1-12(2,3)14-8-11-7-10(14)9-15(11)13(4,5)6;1-12(2,3)14-8-10-7-11(9-14)15(10)13(4,5)6;2*1-11(2,3)10-7-8-13(9-10)12(4,5)6;1-10(2)13-8-6-11(7-9-13)12(3,4)5;1-10(2)11-6-8-13(9-7-11)12(3,4)5;1-10(2)12-6-8-13(9-7-12)11(3,4)5/h2*10-11H,7-9H2,1-6H3;2*10H,7-9H2,1-6H3;2*10-11H,6-9H2,1-5H3;10H,6-9H2,1-5H3. The van der Waals surface area contributed by atoms with Gasteiger partial charge in [0.25, 0.3) is 0 Å². The van der Waals surface area contributed by atoms with Crippen LogP contribution in [-0.2, 0) is 0 Å². The lowest BCUT2D eigenvalue weighted by Gasteiger charge is -2.63. The summed E-state index contributed by atoms with van der Waals surface area (Å²) in [5, 5.41) is 0. The van der Waals surface area contributed by atoms with E-state index in [1.165, 1.54) is 156 Å². The summed E-state index contributed by atoms with van der Waals surface area (Å²) in [4.78, 5) is 26.3. The van der Waals surface area contributed by atoms with Gasteiger partial charge in [0, 0.05) is 146 Å². The van der Waals surface area contributed by atoms with Crippen LogP contribution in [0.3, 0.4) is 0 Å². The third kappa shape index (κ3) is 28.6. The summed E-state index contributed by atoms with van der Waals surface area (Å²) in [5.74, 6) is 4.54. The zero-order valence-electron chi connectivity index (χ0n) is 72.3. The van der Waals surface area contributed by atoms with Gasteiger partial charge in [0.05, 0.1) is 0 Å². The molecule has 10 rings (SSSR count). The van der Waals surface area contributed by atoms with Gasteiger partial charge < -0.3 is 4.90 Å². The van der Waals surface area contributed by atoms with Crippen molar-refractivity contribution in [1.29, 1.82) is 0 Å². The minimum atomic E-state index is 0.348. The lowest BCUT2D eigenvalue weighted by molar-refractivity contribution is -0.137. The molecule has 6 unspecified atom stereocenters. The highest BCUT2D eigenvalue weighted by Crippen LogP contribution is 2.43. The molecule has 10 fully saturated rings. The van der Waals surface area contributed by atoms with Gasteiger partial charge in [-0.3, -0.25) is 44.1 Å². The van der Waals surface area contributed by atoms with Gasteiger partial charge in [-0.1, -0.05) is 76.2 Å². The first-order chi connectivity index (χ1) is 42.5. The Balaban J connectivity index is 0.000000289. The average molecular weight is 1340 g/mol. The Kier molecular flexibility index (Phi) is 32.2. The van der Waals surface area contributed by atoms with Crippen molar-refractivity contribution in [2.75, 3.05) is 105 Å². The Bertz CT molecular complexity index is 1910. The Labute approximate surface area is 598 Å². The number of piperazine rings is 3. The summed E-state index contributed by atoms with van der Waals surface area (Å²) in [6, 6.07) is 4.66.